The number of thiocarbonyl (C=S) groups is 1. The van der Waals surface area contributed by atoms with E-state index in [1.807, 2.05) is 0 Å². The molecule has 4 atom stereocenters. The Bertz CT molecular complexity index is 420. The summed E-state index contributed by atoms with van der Waals surface area (Å²) in [5.41, 5.74) is 11.0. The van der Waals surface area contributed by atoms with Crippen LogP contribution in [0.5, 0.6) is 0 Å². The molecule has 1 amide bonds. The zero-order chi connectivity index (χ0) is 18.7. The van der Waals surface area contributed by atoms with Gasteiger partial charge in [-0.15, -0.1) is 0 Å². The van der Waals surface area contributed by atoms with E-state index in [1.54, 1.807) is 6.92 Å². The summed E-state index contributed by atoms with van der Waals surface area (Å²) in [4.78, 5) is 22.6. The third-order valence-electron chi connectivity index (χ3n) is 3.76. The topological polar surface area (TPSA) is 159 Å². The maximum absolute atomic E-state index is 11.2. The third-order valence-corrected chi connectivity index (χ3v) is 4.09. The SMILES string of the molecule is CC(O)[C@@H](N)CCNC[C@@H](CC(N)=O)CC(=S)C[C@H](CO)C(=O)O. The molecule has 0 saturated heterocycles. The summed E-state index contributed by atoms with van der Waals surface area (Å²) >= 11 is 5.19. The molecule has 24 heavy (non-hydrogen) atoms. The predicted octanol–water partition coefficient (Wildman–Crippen LogP) is -0.991. The van der Waals surface area contributed by atoms with Gasteiger partial charge in [0.2, 0.25) is 5.91 Å². The van der Waals surface area contributed by atoms with E-state index in [9.17, 15) is 14.7 Å². The van der Waals surface area contributed by atoms with Gasteiger partial charge in [0.25, 0.3) is 0 Å². The second kappa shape index (κ2) is 12.3. The maximum Gasteiger partial charge on any atom is 0.309 e. The zero-order valence-electron chi connectivity index (χ0n) is 14.0. The first kappa shape index (κ1) is 22.9. The van der Waals surface area contributed by atoms with Crippen LogP contribution in [0.1, 0.15) is 32.6 Å². The predicted molar refractivity (Wildman–Crippen MR) is 94.5 cm³/mol. The van der Waals surface area contributed by atoms with Crippen molar-refractivity contribution in [1.82, 2.24) is 5.32 Å². The van der Waals surface area contributed by atoms with E-state index in [0.29, 0.717) is 30.8 Å². The first-order valence-electron chi connectivity index (χ1n) is 7.95. The average molecular weight is 363 g/mol. The summed E-state index contributed by atoms with van der Waals surface area (Å²) in [5.74, 6) is -2.63. The fourth-order valence-corrected chi connectivity index (χ4v) is 2.66. The van der Waals surface area contributed by atoms with Crippen molar-refractivity contribution < 1.29 is 24.9 Å². The highest BCUT2D eigenvalue weighted by Gasteiger charge is 2.21. The number of hydrogen-bond donors (Lipinski definition) is 6. The van der Waals surface area contributed by atoms with Gasteiger partial charge in [-0.3, -0.25) is 9.59 Å². The minimum atomic E-state index is -1.10. The summed E-state index contributed by atoms with van der Waals surface area (Å²) in [5, 5.41) is 30.4. The lowest BCUT2D eigenvalue weighted by Gasteiger charge is -2.19. The molecule has 0 aromatic rings. The summed E-state index contributed by atoms with van der Waals surface area (Å²) in [6, 6.07) is -0.325. The van der Waals surface area contributed by atoms with Gasteiger partial charge in [0, 0.05) is 12.5 Å². The van der Waals surface area contributed by atoms with Gasteiger partial charge >= 0.3 is 5.97 Å². The van der Waals surface area contributed by atoms with Crippen molar-refractivity contribution in [1.29, 1.82) is 0 Å². The Morgan fingerprint density at radius 3 is 2.33 bits per heavy atom. The molecule has 0 heterocycles. The van der Waals surface area contributed by atoms with E-state index in [0.717, 1.165) is 0 Å². The number of aliphatic hydroxyl groups is 2. The Labute approximate surface area is 147 Å². The molecule has 8 N–H and O–H groups in total. The van der Waals surface area contributed by atoms with Crippen LogP contribution in [-0.4, -0.2) is 63.9 Å². The monoisotopic (exact) mass is 363 g/mol. The second-order valence-electron chi connectivity index (χ2n) is 6.10. The van der Waals surface area contributed by atoms with Crippen LogP contribution < -0.4 is 16.8 Å². The normalized spacial score (nSPS) is 16.2. The second-order valence-corrected chi connectivity index (χ2v) is 6.68. The number of nitrogens with one attached hydrogen (secondary N) is 1. The van der Waals surface area contributed by atoms with Gasteiger partial charge in [0.15, 0.2) is 0 Å². The van der Waals surface area contributed by atoms with Gasteiger partial charge in [-0.25, -0.2) is 0 Å². The van der Waals surface area contributed by atoms with Crippen molar-refractivity contribution >= 4 is 29.0 Å². The van der Waals surface area contributed by atoms with E-state index in [2.05, 4.69) is 5.32 Å². The molecule has 0 rings (SSSR count). The molecular formula is C15H29N3O5S. The van der Waals surface area contributed by atoms with Gasteiger partial charge in [0.05, 0.1) is 18.6 Å². The number of rotatable bonds is 14. The lowest BCUT2D eigenvalue weighted by atomic mass is 9.94. The molecule has 0 bridgehead atoms. The quantitative estimate of drug-likeness (QED) is 0.169. The Balaban J connectivity index is 4.37. The van der Waals surface area contributed by atoms with Crippen molar-refractivity contribution in [2.24, 2.45) is 23.3 Å². The number of carbonyl (C=O) groups is 2. The first-order valence-corrected chi connectivity index (χ1v) is 8.36. The Hall–Kier alpha value is -1.13. The Kier molecular flexibility index (Phi) is 11.7. The van der Waals surface area contributed by atoms with Crippen molar-refractivity contribution in [3.05, 3.63) is 0 Å². The fourth-order valence-electron chi connectivity index (χ4n) is 2.23. The zero-order valence-corrected chi connectivity index (χ0v) is 14.8. The van der Waals surface area contributed by atoms with Crippen molar-refractivity contribution in [3.8, 4) is 0 Å². The molecule has 0 aromatic heterocycles. The molecule has 0 fully saturated rings. The van der Waals surface area contributed by atoms with E-state index in [-0.39, 0.29) is 24.8 Å². The highest BCUT2D eigenvalue weighted by atomic mass is 32.1. The van der Waals surface area contributed by atoms with Crippen LogP contribution in [0.4, 0.5) is 0 Å². The molecule has 0 aliphatic rings. The number of hydrogen-bond acceptors (Lipinski definition) is 7. The van der Waals surface area contributed by atoms with Crippen LogP contribution in [0, 0.1) is 11.8 Å². The van der Waals surface area contributed by atoms with Gasteiger partial charge in [-0.1, -0.05) is 12.2 Å². The van der Waals surface area contributed by atoms with E-state index in [4.69, 9.17) is 33.9 Å². The molecule has 8 nitrogen and oxygen atoms in total. The molecule has 140 valence electrons. The minimum absolute atomic E-state index is 0.0866. The highest BCUT2D eigenvalue weighted by Crippen LogP contribution is 2.14. The standard InChI is InChI=1S/C15H29N3O5S/c1-9(20)13(16)2-3-18-7-10(5-14(17)21)4-12(24)6-11(8-19)15(22)23/h9-11,13,18-20H,2-8,16H2,1H3,(H2,17,21)(H,22,23)/t9?,10-,11-,13+/m1/s1. The molecular weight excluding hydrogens is 334 g/mol. The van der Waals surface area contributed by atoms with Gasteiger partial charge in [-0.05, 0) is 50.1 Å². The van der Waals surface area contributed by atoms with Crippen molar-refractivity contribution in [2.75, 3.05) is 19.7 Å². The van der Waals surface area contributed by atoms with E-state index >= 15 is 0 Å². The van der Waals surface area contributed by atoms with Crippen molar-refractivity contribution in [2.45, 2.75) is 44.8 Å². The number of nitrogens with two attached hydrogens (primary N) is 2. The summed E-state index contributed by atoms with van der Waals surface area (Å²) in [6.07, 6.45) is 0.580. The van der Waals surface area contributed by atoms with E-state index in [1.165, 1.54) is 0 Å². The molecule has 0 spiro atoms. The van der Waals surface area contributed by atoms with Crippen LogP contribution in [0.25, 0.3) is 0 Å². The van der Waals surface area contributed by atoms with E-state index < -0.39 is 30.5 Å². The lowest BCUT2D eigenvalue weighted by Crippen LogP contribution is -2.37. The largest absolute Gasteiger partial charge is 0.481 e. The first-order chi connectivity index (χ1) is 11.2. The summed E-state index contributed by atoms with van der Waals surface area (Å²) in [7, 11) is 0. The maximum atomic E-state index is 11.2. The van der Waals surface area contributed by atoms with Crippen LogP contribution in [-0.2, 0) is 9.59 Å². The number of aliphatic carboxylic acids is 1. The van der Waals surface area contributed by atoms with Gasteiger partial charge in [0.1, 0.15) is 0 Å². The fraction of sp³-hybridized carbons (Fsp3) is 0.800. The summed E-state index contributed by atoms with van der Waals surface area (Å²) < 4.78 is 0. The number of carboxylic acids is 1. The molecule has 9 heteroatoms. The smallest absolute Gasteiger partial charge is 0.309 e. The van der Waals surface area contributed by atoms with Crippen molar-refractivity contribution in [3.63, 3.8) is 0 Å². The average Bonchev–Trinajstić information content (AvgIpc) is 2.47. The summed E-state index contributed by atoms with van der Waals surface area (Å²) in [6.45, 7) is 2.19. The molecule has 1 unspecified atom stereocenters. The number of primary amides is 1. The van der Waals surface area contributed by atoms with Crippen LogP contribution in [0.15, 0.2) is 0 Å². The van der Waals surface area contributed by atoms with Gasteiger partial charge < -0.3 is 32.1 Å². The van der Waals surface area contributed by atoms with Crippen LogP contribution in [0.2, 0.25) is 0 Å². The van der Waals surface area contributed by atoms with Crippen LogP contribution in [0.3, 0.4) is 0 Å². The lowest BCUT2D eigenvalue weighted by molar-refractivity contribution is -0.142. The number of amides is 1. The van der Waals surface area contributed by atoms with Crippen LogP contribution >= 0.6 is 12.2 Å². The molecule has 0 aliphatic carbocycles. The molecule has 0 aromatic carbocycles. The highest BCUT2D eigenvalue weighted by molar-refractivity contribution is 7.80. The number of carboxylic acid groups (broad SMARTS) is 1. The third kappa shape index (κ3) is 10.6. The molecule has 0 saturated carbocycles. The number of aliphatic hydroxyl groups excluding tert-OH is 2. The Morgan fingerprint density at radius 1 is 1.25 bits per heavy atom. The molecule has 0 aliphatic heterocycles. The number of carbonyl (C=O) groups excluding carboxylic acids is 1. The van der Waals surface area contributed by atoms with Gasteiger partial charge in [-0.2, -0.15) is 0 Å². The molecule has 0 radical (unpaired) electrons. The Morgan fingerprint density at radius 2 is 1.88 bits per heavy atom. The minimum Gasteiger partial charge on any atom is -0.481 e.